The van der Waals surface area contributed by atoms with Crippen LogP contribution in [0.5, 0.6) is 0 Å². The van der Waals surface area contributed by atoms with E-state index < -0.39 is 0 Å². The van der Waals surface area contributed by atoms with Crippen molar-refractivity contribution in [1.29, 1.82) is 0 Å². The summed E-state index contributed by atoms with van der Waals surface area (Å²) in [6.45, 7) is 14.2. The van der Waals surface area contributed by atoms with Gasteiger partial charge in [0, 0.05) is 12.1 Å². The van der Waals surface area contributed by atoms with E-state index in [-0.39, 0.29) is 12.1 Å². The van der Waals surface area contributed by atoms with E-state index in [1.165, 1.54) is 44.5 Å². The summed E-state index contributed by atoms with van der Waals surface area (Å²) in [5.41, 5.74) is 23.0. The molecule has 0 amide bonds. The summed E-state index contributed by atoms with van der Waals surface area (Å²) in [6, 6.07) is 8.78. The molecule has 2 unspecified atom stereocenters. The maximum atomic E-state index is 6.45. The summed E-state index contributed by atoms with van der Waals surface area (Å²) in [6.07, 6.45) is 0.851. The van der Waals surface area contributed by atoms with E-state index in [0.717, 1.165) is 24.1 Å². The molecule has 0 spiro atoms. The summed E-state index contributed by atoms with van der Waals surface area (Å²) in [4.78, 5) is 0. The van der Waals surface area contributed by atoms with Gasteiger partial charge in [-0.15, -0.1) is 13.1 Å². The molecule has 2 rings (SSSR count). The molecule has 0 bridgehead atoms. The van der Waals surface area contributed by atoms with Gasteiger partial charge < -0.3 is 16.8 Å². The van der Waals surface area contributed by atoms with Crippen LogP contribution < -0.4 is 11.5 Å². The second-order valence-electron chi connectivity index (χ2n) is 7.80. The Hall–Kier alpha value is -0.214. The summed E-state index contributed by atoms with van der Waals surface area (Å²) in [5, 5.41) is 4.69. The number of halogens is 2. The van der Waals surface area contributed by atoms with Crippen LogP contribution in [0.2, 0.25) is 0 Å². The fourth-order valence-electron chi connectivity index (χ4n) is 4.25. The predicted molar refractivity (Wildman–Crippen MR) is 131 cm³/mol. The molecule has 29 heavy (non-hydrogen) atoms. The van der Waals surface area contributed by atoms with Crippen LogP contribution >= 0.6 is 28.3 Å². The van der Waals surface area contributed by atoms with Crippen LogP contribution in [0, 0.1) is 41.5 Å². The van der Waals surface area contributed by atoms with Gasteiger partial charge in [-0.25, -0.2) is 0 Å². The van der Waals surface area contributed by atoms with Gasteiger partial charge in [0.05, 0.1) is 0 Å². The number of nitrogens with zero attached hydrogens (tertiary/aromatic N) is 1. The molecule has 0 aliphatic carbocycles. The SMILES string of the molecule is Cc1cc(C)c(C(N)CC[N-]CC(N)c2c(C)cc(C)cc2C)c(C)c1.[Br][Co+][Br]. The van der Waals surface area contributed by atoms with Crippen molar-refractivity contribution in [3.05, 3.63) is 74.1 Å². The van der Waals surface area contributed by atoms with Crippen molar-refractivity contribution in [2.45, 2.75) is 60.0 Å². The zero-order chi connectivity index (χ0) is 22.1. The number of rotatable bonds is 7. The standard InChI is InChI=1S/C23H34N3.2BrH.Co/c1-14-9-16(3)22(17(4)10-14)20(24)7-8-26-13-21(25)23-18(5)11-15(2)12-19(23)6;;;/h9-12,20-21H,7-8,13,24-25H2,1-6H3;2*1H;/q-1;;;+3/p-2. The van der Waals surface area contributed by atoms with E-state index in [1.807, 2.05) is 0 Å². The van der Waals surface area contributed by atoms with Crippen molar-refractivity contribution in [3.8, 4) is 0 Å². The normalized spacial score (nSPS) is 13.0. The molecular formula is C23H34Br2CoN3. The Bertz CT molecular complexity index is 684. The van der Waals surface area contributed by atoms with Crippen LogP contribution in [0.15, 0.2) is 24.3 Å². The van der Waals surface area contributed by atoms with Crippen LogP contribution in [-0.2, 0) is 11.1 Å². The van der Waals surface area contributed by atoms with Crippen molar-refractivity contribution < 1.29 is 11.1 Å². The first-order valence-electron chi connectivity index (χ1n) is 9.75. The third-order valence-electron chi connectivity index (χ3n) is 5.14. The molecule has 2 aromatic carbocycles. The number of benzene rings is 2. The summed E-state index contributed by atoms with van der Waals surface area (Å²) >= 11 is 7.12. The van der Waals surface area contributed by atoms with E-state index in [4.69, 9.17) is 11.5 Å². The van der Waals surface area contributed by atoms with Gasteiger partial charge >= 0.3 is 39.5 Å². The van der Waals surface area contributed by atoms with Gasteiger partial charge in [0.2, 0.25) is 0 Å². The average Bonchev–Trinajstić information content (AvgIpc) is 2.57. The Morgan fingerprint density at radius 2 is 1.10 bits per heavy atom. The molecule has 0 saturated heterocycles. The molecule has 4 N–H and O–H groups in total. The number of nitrogens with two attached hydrogens (primary N) is 2. The van der Waals surface area contributed by atoms with Crippen LogP contribution in [0.25, 0.3) is 5.32 Å². The minimum atomic E-state index is -0.0466. The first-order valence-corrected chi connectivity index (χ1v) is 14.9. The number of aryl methyl sites for hydroxylation is 6. The quantitative estimate of drug-likeness (QED) is 0.364. The average molecular weight is 571 g/mol. The number of hydrogen-bond donors (Lipinski definition) is 2. The maximum absolute atomic E-state index is 6.45. The molecule has 0 fully saturated rings. The van der Waals surface area contributed by atoms with Gasteiger partial charge in [-0.05, 0) is 74.9 Å². The monoisotopic (exact) mass is 569 g/mol. The molecule has 0 heterocycles. The fraction of sp³-hybridized carbons (Fsp3) is 0.478. The second kappa shape index (κ2) is 13.3. The van der Waals surface area contributed by atoms with E-state index in [0.29, 0.717) is 6.54 Å². The van der Waals surface area contributed by atoms with E-state index >= 15 is 0 Å². The zero-order valence-corrected chi connectivity index (χ0v) is 22.5. The van der Waals surface area contributed by atoms with Crippen LogP contribution in [0.1, 0.15) is 63.0 Å². The first kappa shape index (κ1) is 26.8. The molecule has 3 nitrogen and oxygen atoms in total. The van der Waals surface area contributed by atoms with E-state index in [1.54, 1.807) is 0 Å². The molecule has 0 aliphatic heterocycles. The Morgan fingerprint density at radius 3 is 1.48 bits per heavy atom. The third kappa shape index (κ3) is 8.44. The van der Waals surface area contributed by atoms with Crippen molar-refractivity contribution in [3.63, 3.8) is 0 Å². The molecule has 2 aromatic rings. The van der Waals surface area contributed by atoms with Gasteiger partial charge in [-0.1, -0.05) is 41.8 Å². The molecule has 0 radical (unpaired) electrons. The molecule has 0 aromatic heterocycles. The molecule has 0 aliphatic rings. The third-order valence-corrected chi connectivity index (χ3v) is 5.14. The predicted octanol–water partition coefficient (Wildman–Crippen LogP) is 6.69. The van der Waals surface area contributed by atoms with Crippen LogP contribution in [0.4, 0.5) is 0 Å². The van der Waals surface area contributed by atoms with Crippen molar-refractivity contribution >= 4 is 28.3 Å². The van der Waals surface area contributed by atoms with Gasteiger partial charge in [-0.3, -0.25) is 0 Å². The summed E-state index contributed by atoms with van der Waals surface area (Å²) in [5.74, 6) is 0. The minimum absolute atomic E-state index is 0.0263. The second-order valence-corrected chi connectivity index (χ2v) is 13.1. The summed E-state index contributed by atoms with van der Waals surface area (Å²) < 4.78 is 0. The topological polar surface area (TPSA) is 66.1 Å². The molecule has 164 valence electrons. The van der Waals surface area contributed by atoms with Gasteiger partial charge in [0.15, 0.2) is 0 Å². The molecule has 6 heteroatoms. The molecule has 0 saturated carbocycles. The zero-order valence-electron chi connectivity index (χ0n) is 18.3. The van der Waals surface area contributed by atoms with Gasteiger partial charge in [0.25, 0.3) is 0 Å². The summed E-state index contributed by atoms with van der Waals surface area (Å²) in [7, 11) is 0. The van der Waals surface area contributed by atoms with Crippen LogP contribution in [-0.4, -0.2) is 13.1 Å². The fourth-order valence-corrected chi connectivity index (χ4v) is 4.25. The van der Waals surface area contributed by atoms with E-state index in [9.17, 15) is 0 Å². The first-order chi connectivity index (χ1) is 13.6. The van der Waals surface area contributed by atoms with Crippen molar-refractivity contribution in [1.82, 2.24) is 0 Å². The number of hydrogen-bond acceptors (Lipinski definition) is 2. The van der Waals surface area contributed by atoms with Crippen molar-refractivity contribution in [2.75, 3.05) is 13.1 Å². The Kier molecular flexibility index (Phi) is 12.3. The van der Waals surface area contributed by atoms with E-state index in [2.05, 4.69) is 99.5 Å². The van der Waals surface area contributed by atoms with Gasteiger partial charge in [0.1, 0.15) is 0 Å². The van der Waals surface area contributed by atoms with Crippen molar-refractivity contribution in [2.24, 2.45) is 11.5 Å². The Morgan fingerprint density at radius 1 is 0.759 bits per heavy atom. The molecule has 2 atom stereocenters. The molecular weight excluding hydrogens is 537 g/mol. The Balaban J connectivity index is 0.00000132. The van der Waals surface area contributed by atoms with Gasteiger partial charge in [-0.2, -0.15) is 0 Å². The van der Waals surface area contributed by atoms with Crippen LogP contribution in [0.3, 0.4) is 0 Å². The Labute approximate surface area is 197 Å².